The summed E-state index contributed by atoms with van der Waals surface area (Å²) in [5.41, 5.74) is 6.95. The van der Waals surface area contributed by atoms with E-state index in [2.05, 4.69) is 85.9 Å². The molecule has 12 heteroatoms. The Morgan fingerprint density at radius 3 is 1.43 bits per heavy atom. The normalized spacial score (nSPS) is 14.1. The average Bonchev–Trinajstić information content (AvgIpc) is 3.11. The minimum absolute atomic E-state index is 0.255. The molecular formula is C44H58N2O9S. The van der Waals surface area contributed by atoms with Crippen molar-refractivity contribution in [2.24, 2.45) is 0 Å². The Bertz CT molecular complexity index is 1940. The maximum Gasteiger partial charge on any atom is 0.410 e. The average molecular weight is 791 g/mol. The summed E-state index contributed by atoms with van der Waals surface area (Å²) in [5, 5.41) is 3.30. The Morgan fingerprint density at radius 1 is 0.696 bits per heavy atom. The van der Waals surface area contributed by atoms with Gasteiger partial charge in [0.15, 0.2) is 23.0 Å². The zero-order valence-electron chi connectivity index (χ0n) is 34.0. The van der Waals surface area contributed by atoms with E-state index in [9.17, 15) is 13.2 Å². The van der Waals surface area contributed by atoms with Crippen molar-refractivity contribution < 1.29 is 41.4 Å². The van der Waals surface area contributed by atoms with E-state index in [1.165, 1.54) is 22.3 Å². The van der Waals surface area contributed by atoms with Crippen LogP contribution in [0, 0.1) is 0 Å². The van der Waals surface area contributed by atoms with Crippen LogP contribution in [0.3, 0.4) is 0 Å². The third-order valence-electron chi connectivity index (χ3n) is 9.28. The van der Waals surface area contributed by atoms with Crippen LogP contribution < -0.4 is 24.3 Å². The SMILES string of the molecule is CCc1ccc(COc2ccc(C3CN(C(=O)OC(C)(C)C)C3)cc2OC)cc1.CCc1ccc(COc2ccc(C3CNC3)cc2OC)cc1.CS(=O)(=O)O. The second-order valence-corrected chi connectivity index (χ2v) is 16.4. The Hall–Kier alpha value is -4.78. The molecule has 0 atom stereocenters. The number of nitrogens with zero attached hydrogens (tertiary/aromatic N) is 1. The van der Waals surface area contributed by atoms with Crippen molar-refractivity contribution in [2.45, 2.75) is 78.1 Å². The highest BCUT2D eigenvalue weighted by atomic mass is 32.2. The quantitative estimate of drug-likeness (QED) is 0.135. The minimum Gasteiger partial charge on any atom is -0.493 e. The summed E-state index contributed by atoms with van der Waals surface area (Å²) in [5.74, 6) is 3.94. The van der Waals surface area contributed by atoms with Gasteiger partial charge in [-0.3, -0.25) is 4.55 Å². The van der Waals surface area contributed by atoms with Crippen molar-refractivity contribution in [3.8, 4) is 23.0 Å². The molecule has 0 aromatic heterocycles. The smallest absolute Gasteiger partial charge is 0.410 e. The maximum atomic E-state index is 12.1. The van der Waals surface area contributed by atoms with Gasteiger partial charge < -0.3 is 33.9 Å². The lowest BCUT2D eigenvalue weighted by Gasteiger charge is -2.40. The predicted octanol–water partition coefficient (Wildman–Crippen LogP) is 8.20. The molecule has 0 unspecified atom stereocenters. The van der Waals surface area contributed by atoms with Gasteiger partial charge in [0.1, 0.15) is 18.8 Å². The molecule has 6 rings (SSSR count). The van der Waals surface area contributed by atoms with Crippen LogP contribution in [0.15, 0.2) is 84.9 Å². The maximum absolute atomic E-state index is 12.1. The highest BCUT2D eigenvalue weighted by molar-refractivity contribution is 7.85. The van der Waals surface area contributed by atoms with Crippen molar-refractivity contribution in [2.75, 3.05) is 46.7 Å². The molecule has 2 aliphatic rings. The highest BCUT2D eigenvalue weighted by Crippen LogP contribution is 2.36. The first-order valence-electron chi connectivity index (χ1n) is 19.0. The largest absolute Gasteiger partial charge is 0.493 e. The van der Waals surface area contributed by atoms with Crippen molar-refractivity contribution in [3.63, 3.8) is 0 Å². The number of hydrogen-bond acceptors (Lipinski definition) is 9. The first-order chi connectivity index (χ1) is 26.6. The number of aryl methyl sites for hydroxylation is 2. The van der Waals surface area contributed by atoms with Crippen molar-refractivity contribution >= 4 is 16.2 Å². The molecule has 2 aliphatic heterocycles. The van der Waals surface area contributed by atoms with Gasteiger partial charge in [0.2, 0.25) is 0 Å². The topological polar surface area (TPSA) is 133 Å². The van der Waals surface area contributed by atoms with Crippen molar-refractivity contribution in [1.82, 2.24) is 10.2 Å². The van der Waals surface area contributed by atoms with Crippen LogP contribution in [0.4, 0.5) is 4.79 Å². The molecule has 0 radical (unpaired) electrons. The van der Waals surface area contributed by atoms with E-state index < -0.39 is 15.7 Å². The number of hydrogen-bond donors (Lipinski definition) is 2. The number of nitrogens with one attached hydrogen (secondary N) is 1. The van der Waals surface area contributed by atoms with Crippen LogP contribution in [0.2, 0.25) is 0 Å². The standard InChI is InChI=1S/C24H31NO4.C19H23NO2.CH4O3S/c1-6-17-7-9-18(10-8-17)16-28-21-12-11-19(13-22(21)27-5)20-14-25(15-20)23(26)29-24(2,3)4;1-3-14-4-6-15(7-5-14)13-22-18-9-8-16(10-19(18)21-2)17-11-20-12-17;1-5(2,3)4/h7-13,20H,6,14-16H2,1-5H3;4-10,17,20H,3,11-13H2,1-2H3;1H3,(H,2,3,4). The van der Waals surface area contributed by atoms with Gasteiger partial charge in [0, 0.05) is 38.0 Å². The van der Waals surface area contributed by atoms with E-state index in [4.69, 9.17) is 28.2 Å². The molecule has 0 bridgehead atoms. The number of likely N-dealkylation sites (tertiary alicyclic amines) is 1. The van der Waals surface area contributed by atoms with Gasteiger partial charge in [-0.25, -0.2) is 4.79 Å². The lowest BCUT2D eigenvalue weighted by molar-refractivity contribution is 0.00817. The zero-order chi connectivity index (χ0) is 40.9. The first-order valence-corrected chi connectivity index (χ1v) is 20.8. The third kappa shape index (κ3) is 14.1. The molecule has 2 fully saturated rings. The van der Waals surface area contributed by atoms with E-state index in [0.717, 1.165) is 54.3 Å². The fraction of sp³-hybridized carbons (Fsp3) is 0.432. The molecule has 0 saturated carbocycles. The Balaban J connectivity index is 0.000000228. The van der Waals surface area contributed by atoms with Crippen LogP contribution in [0.1, 0.15) is 79.8 Å². The minimum atomic E-state index is -3.67. The lowest BCUT2D eigenvalue weighted by Crippen LogP contribution is -2.50. The van der Waals surface area contributed by atoms with Crippen LogP contribution in [-0.2, 0) is 40.9 Å². The summed E-state index contributed by atoms with van der Waals surface area (Å²) in [6, 6.07) is 29.3. The Labute approximate surface area is 333 Å². The first kappa shape index (κ1) is 43.9. The number of carbonyl (C=O) groups is 1. The van der Waals surface area contributed by atoms with E-state index in [1.54, 1.807) is 19.1 Å². The van der Waals surface area contributed by atoms with E-state index >= 15 is 0 Å². The van der Waals surface area contributed by atoms with Gasteiger partial charge >= 0.3 is 6.09 Å². The second kappa shape index (κ2) is 20.4. The molecule has 0 aliphatic carbocycles. The summed E-state index contributed by atoms with van der Waals surface area (Å²) in [4.78, 5) is 13.8. The van der Waals surface area contributed by atoms with Crippen molar-refractivity contribution in [1.29, 1.82) is 0 Å². The molecule has 1 amide bonds. The fourth-order valence-electron chi connectivity index (χ4n) is 5.87. The van der Waals surface area contributed by atoms with Crippen LogP contribution in [0.25, 0.3) is 0 Å². The Kier molecular flexibility index (Phi) is 16.0. The fourth-order valence-corrected chi connectivity index (χ4v) is 5.87. The molecule has 2 saturated heterocycles. The molecule has 0 spiro atoms. The lowest BCUT2D eigenvalue weighted by atomic mass is 9.91. The van der Waals surface area contributed by atoms with Gasteiger partial charge in [0.25, 0.3) is 10.1 Å². The van der Waals surface area contributed by atoms with Crippen LogP contribution in [-0.4, -0.2) is 76.2 Å². The number of amides is 1. The molecule has 4 aromatic carbocycles. The molecule has 4 aromatic rings. The number of benzene rings is 4. The molecule has 11 nitrogen and oxygen atoms in total. The van der Waals surface area contributed by atoms with Gasteiger partial charge in [-0.15, -0.1) is 0 Å². The van der Waals surface area contributed by atoms with E-state index in [-0.39, 0.29) is 12.0 Å². The summed E-state index contributed by atoms with van der Waals surface area (Å²) in [7, 11) is -0.323. The van der Waals surface area contributed by atoms with Crippen LogP contribution >= 0.6 is 0 Å². The van der Waals surface area contributed by atoms with E-state index in [1.807, 2.05) is 39.0 Å². The molecule has 304 valence electrons. The summed E-state index contributed by atoms with van der Waals surface area (Å²) in [6.07, 6.45) is 2.55. The van der Waals surface area contributed by atoms with Gasteiger partial charge in [-0.05, 0) is 91.3 Å². The van der Waals surface area contributed by atoms with Gasteiger partial charge in [-0.2, -0.15) is 8.42 Å². The zero-order valence-corrected chi connectivity index (χ0v) is 34.8. The molecule has 2 N–H and O–H groups in total. The number of ether oxygens (including phenoxy) is 5. The van der Waals surface area contributed by atoms with Gasteiger partial charge in [0.05, 0.1) is 20.5 Å². The van der Waals surface area contributed by atoms with E-state index in [0.29, 0.717) is 44.2 Å². The number of rotatable bonds is 12. The molecule has 56 heavy (non-hydrogen) atoms. The predicted molar refractivity (Wildman–Crippen MR) is 220 cm³/mol. The second-order valence-electron chi connectivity index (χ2n) is 14.9. The summed E-state index contributed by atoms with van der Waals surface area (Å²) in [6.45, 7) is 14.4. The highest BCUT2D eigenvalue weighted by Gasteiger charge is 2.35. The van der Waals surface area contributed by atoms with Crippen LogP contribution in [0.5, 0.6) is 23.0 Å². The molecular weight excluding hydrogens is 733 g/mol. The van der Waals surface area contributed by atoms with Gasteiger partial charge in [-0.1, -0.05) is 74.5 Å². The monoisotopic (exact) mass is 790 g/mol. The molecule has 2 heterocycles. The summed E-state index contributed by atoms with van der Waals surface area (Å²) < 4.78 is 54.2. The summed E-state index contributed by atoms with van der Waals surface area (Å²) >= 11 is 0. The third-order valence-corrected chi connectivity index (χ3v) is 9.28. The number of methoxy groups -OCH3 is 2. The van der Waals surface area contributed by atoms with Crippen molar-refractivity contribution in [3.05, 3.63) is 118 Å². The number of carbonyl (C=O) groups excluding carboxylic acids is 1. The Morgan fingerprint density at radius 2 is 1.09 bits per heavy atom.